The maximum absolute atomic E-state index is 12.3. The predicted molar refractivity (Wildman–Crippen MR) is 101 cm³/mol. The van der Waals surface area contributed by atoms with Gasteiger partial charge in [0.05, 0.1) is 5.92 Å². The van der Waals surface area contributed by atoms with Crippen LogP contribution in [0.2, 0.25) is 0 Å². The summed E-state index contributed by atoms with van der Waals surface area (Å²) in [5.74, 6) is 0.230. The van der Waals surface area contributed by atoms with Gasteiger partial charge in [0.15, 0.2) is 11.9 Å². The molecular formula is C21H29NO5. The van der Waals surface area contributed by atoms with Crippen molar-refractivity contribution in [1.29, 1.82) is 0 Å². The molecule has 1 aliphatic rings. The summed E-state index contributed by atoms with van der Waals surface area (Å²) in [6, 6.07) is 7.13. The summed E-state index contributed by atoms with van der Waals surface area (Å²) >= 11 is 0. The van der Waals surface area contributed by atoms with Crippen molar-refractivity contribution in [1.82, 2.24) is 0 Å². The van der Waals surface area contributed by atoms with Gasteiger partial charge in [0, 0.05) is 6.42 Å². The zero-order valence-corrected chi connectivity index (χ0v) is 16.1. The first-order chi connectivity index (χ1) is 12.9. The number of nitrogens with two attached hydrogens (primary N) is 1. The van der Waals surface area contributed by atoms with Gasteiger partial charge in [-0.25, -0.2) is 0 Å². The number of Topliss-reactive ketones (excluding diaryl/α,β-unsaturated/α-hetero) is 1. The molecule has 0 spiro atoms. The fourth-order valence-corrected chi connectivity index (χ4v) is 3.14. The number of benzene rings is 1. The maximum atomic E-state index is 12.3. The Morgan fingerprint density at radius 2 is 1.74 bits per heavy atom. The molecule has 0 aliphatic heterocycles. The molecule has 0 heterocycles. The van der Waals surface area contributed by atoms with E-state index in [9.17, 15) is 14.4 Å². The van der Waals surface area contributed by atoms with E-state index in [4.69, 9.17) is 15.2 Å². The Morgan fingerprint density at radius 3 is 2.30 bits per heavy atom. The van der Waals surface area contributed by atoms with Gasteiger partial charge in [-0.2, -0.15) is 0 Å². The second-order valence-electron chi connectivity index (χ2n) is 7.26. The summed E-state index contributed by atoms with van der Waals surface area (Å²) in [5, 5.41) is 0. The van der Waals surface area contributed by atoms with Crippen LogP contribution in [0.15, 0.2) is 24.3 Å². The third-order valence-electron chi connectivity index (χ3n) is 5.15. The van der Waals surface area contributed by atoms with E-state index >= 15 is 0 Å². The van der Waals surface area contributed by atoms with Crippen LogP contribution in [0.25, 0.3) is 0 Å². The van der Waals surface area contributed by atoms with Crippen molar-refractivity contribution in [3.8, 4) is 5.75 Å². The largest absolute Gasteiger partial charge is 0.455 e. The summed E-state index contributed by atoms with van der Waals surface area (Å²) in [6.07, 6.45) is 3.61. The van der Waals surface area contributed by atoms with Crippen molar-refractivity contribution >= 4 is 17.7 Å². The molecule has 148 valence electrons. The molecule has 1 fully saturated rings. The minimum Gasteiger partial charge on any atom is -0.455 e. The average Bonchev–Trinajstić information content (AvgIpc) is 2.67. The van der Waals surface area contributed by atoms with Gasteiger partial charge in [-0.05, 0) is 76.1 Å². The van der Waals surface area contributed by atoms with Gasteiger partial charge in [-0.1, -0.05) is 12.1 Å². The average molecular weight is 375 g/mol. The zero-order chi connectivity index (χ0) is 19.8. The molecule has 0 bridgehead atoms. The van der Waals surface area contributed by atoms with Crippen LogP contribution in [0.1, 0.15) is 51.5 Å². The van der Waals surface area contributed by atoms with Crippen LogP contribution in [0.3, 0.4) is 0 Å². The third kappa shape index (κ3) is 6.79. The van der Waals surface area contributed by atoms with Gasteiger partial charge >= 0.3 is 11.9 Å². The van der Waals surface area contributed by atoms with Crippen LogP contribution in [-0.2, 0) is 25.5 Å². The molecule has 2 rings (SSSR count). The summed E-state index contributed by atoms with van der Waals surface area (Å²) in [4.78, 5) is 35.1. The molecule has 0 saturated heterocycles. The number of aryl methyl sites for hydroxylation is 1. The van der Waals surface area contributed by atoms with Crippen LogP contribution >= 0.6 is 0 Å². The summed E-state index contributed by atoms with van der Waals surface area (Å²) < 4.78 is 10.5. The van der Waals surface area contributed by atoms with E-state index in [-0.39, 0.29) is 24.1 Å². The number of hydrogen-bond donors (Lipinski definition) is 1. The second-order valence-corrected chi connectivity index (χ2v) is 7.26. The predicted octanol–water partition coefficient (Wildman–Crippen LogP) is 2.81. The summed E-state index contributed by atoms with van der Waals surface area (Å²) in [7, 11) is 0. The SMILES string of the molecule is CC(=O)C(C)OC(=O)CCc1ccc(OC(=O)C2CCC(CN)CC2)cc1. The Balaban J connectivity index is 1.77. The lowest BCUT2D eigenvalue weighted by molar-refractivity contribution is -0.153. The van der Waals surface area contributed by atoms with Crippen molar-refractivity contribution in [2.75, 3.05) is 6.54 Å². The van der Waals surface area contributed by atoms with Crippen LogP contribution in [0, 0.1) is 11.8 Å². The molecule has 6 nitrogen and oxygen atoms in total. The first-order valence-corrected chi connectivity index (χ1v) is 9.59. The van der Waals surface area contributed by atoms with Crippen molar-refractivity contribution in [2.45, 2.75) is 58.5 Å². The second kappa shape index (κ2) is 10.2. The zero-order valence-electron chi connectivity index (χ0n) is 16.1. The van der Waals surface area contributed by atoms with E-state index in [0.717, 1.165) is 31.2 Å². The number of ketones is 1. The van der Waals surface area contributed by atoms with E-state index in [0.29, 0.717) is 24.6 Å². The van der Waals surface area contributed by atoms with Crippen LogP contribution in [-0.4, -0.2) is 30.4 Å². The Hall–Kier alpha value is -2.21. The van der Waals surface area contributed by atoms with Crippen LogP contribution < -0.4 is 10.5 Å². The number of ether oxygens (including phenoxy) is 2. The van der Waals surface area contributed by atoms with Crippen molar-refractivity contribution < 1.29 is 23.9 Å². The summed E-state index contributed by atoms with van der Waals surface area (Å²) in [6.45, 7) is 3.64. The lowest BCUT2D eigenvalue weighted by Crippen LogP contribution is -2.28. The molecule has 1 unspecified atom stereocenters. The highest BCUT2D eigenvalue weighted by atomic mass is 16.5. The Bertz CT molecular complexity index is 647. The van der Waals surface area contributed by atoms with E-state index in [2.05, 4.69) is 0 Å². The van der Waals surface area contributed by atoms with Crippen LogP contribution in [0.5, 0.6) is 5.75 Å². The topological polar surface area (TPSA) is 95.7 Å². The lowest BCUT2D eigenvalue weighted by atomic mass is 9.82. The van der Waals surface area contributed by atoms with E-state index in [1.165, 1.54) is 6.92 Å². The Morgan fingerprint density at radius 1 is 1.11 bits per heavy atom. The van der Waals surface area contributed by atoms with Crippen molar-refractivity contribution in [3.63, 3.8) is 0 Å². The molecule has 1 atom stereocenters. The Kier molecular flexibility index (Phi) is 7.98. The number of carbonyl (C=O) groups excluding carboxylic acids is 3. The molecule has 1 aromatic rings. The Labute approximate surface area is 160 Å². The molecule has 2 N–H and O–H groups in total. The van der Waals surface area contributed by atoms with E-state index < -0.39 is 12.1 Å². The monoisotopic (exact) mass is 375 g/mol. The van der Waals surface area contributed by atoms with Gasteiger partial charge in [0.25, 0.3) is 0 Å². The third-order valence-corrected chi connectivity index (χ3v) is 5.15. The van der Waals surface area contributed by atoms with Crippen LogP contribution in [0.4, 0.5) is 0 Å². The normalized spacial score (nSPS) is 20.6. The lowest BCUT2D eigenvalue weighted by Gasteiger charge is -2.26. The van der Waals surface area contributed by atoms with Gasteiger partial charge in [-0.3, -0.25) is 14.4 Å². The number of esters is 2. The quantitative estimate of drug-likeness (QED) is 0.554. The number of hydrogen-bond acceptors (Lipinski definition) is 6. The smallest absolute Gasteiger partial charge is 0.314 e. The minimum atomic E-state index is -0.709. The van der Waals surface area contributed by atoms with E-state index in [1.54, 1.807) is 19.1 Å². The molecule has 0 radical (unpaired) electrons. The minimum absolute atomic E-state index is 0.0505. The first-order valence-electron chi connectivity index (χ1n) is 9.59. The number of rotatable bonds is 8. The molecule has 1 aromatic carbocycles. The van der Waals surface area contributed by atoms with Crippen molar-refractivity contribution in [2.24, 2.45) is 17.6 Å². The fourth-order valence-electron chi connectivity index (χ4n) is 3.14. The molecule has 6 heteroatoms. The summed E-state index contributed by atoms with van der Waals surface area (Å²) in [5.41, 5.74) is 6.62. The standard InChI is InChI=1S/C21H29NO5/c1-14(23)15(2)26-20(24)12-7-16-5-10-19(11-6-16)27-21(25)18-8-3-17(13-22)4-9-18/h5-6,10-11,15,17-18H,3-4,7-9,12-13,22H2,1-2H3. The van der Waals surface area contributed by atoms with Gasteiger partial charge in [0.2, 0.25) is 0 Å². The molecule has 27 heavy (non-hydrogen) atoms. The van der Waals surface area contributed by atoms with Gasteiger partial charge in [-0.15, -0.1) is 0 Å². The highest BCUT2D eigenvalue weighted by Gasteiger charge is 2.27. The fraction of sp³-hybridized carbons (Fsp3) is 0.571. The first kappa shape index (κ1) is 21.1. The maximum Gasteiger partial charge on any atom is 0.314 e. The molecule has 1 aliphatic carbocycles. The number of carbonyl (C=O) groups is 3. The van der Waals surface area contributed by atoms with Crippen molar-refractivity contribution in [3.05, 3.63) is 29.8 Å². The molecule has 1 saturated carbocycles. The molecule has 0 amide bonds. The molecular weight excluding hydrogens is 346 g/mol. The molecule has 0 aromatic heterocycles. The van der Waals surface area contributed by atoms with Gasteiger partial charge < -0.3 is 15.2 Å². The van der Waals surface area contributed by atoms with E-state index in [1.807, 2.05) is 12.1 Å². The highest BCUT2D eigenvalue weighted by molar-refractivity contribution is 5.83. The highest BCUT2D eigenvalue weighted by Crippen LogP contribution is 2.29. The van der Waals surface area contributed by atoms with Gasteiger partial charge in [0.1, 0.15) is 5.75 Å².